The van der Waals surface area contributed by atoms with Crippen LogP contribution in [0.15, 0.2) is 47.4 Å². The number of anilines is 1. The Morgan fingerprint density at radius 2 is 1.90 bits per heavy atom. The minimum atomic E-state index is -0.171. The zero-order chi connectivity index (χ0) is 21.8. The number of fused-ring (bicyclic) bond motifs is 1. The number of amides is 1. The average Bonchev–Trinajstić information content (AvgIpc) is 2.71. The van der Waals surface area contributed by atoms with Gasteiger partial charge in [0.2, 0.25) is 5.91 Å². The average molecular weight is 409 g/mol. The highest BCUT2D eigenvalue weighted by molar-refractivity contribution is 5.87. The summed E-state index contributed by atoms with van der Waals surface area (Å²) in [4.78, 5) is 30.0. The molecule has 2 N–H and O–H groups in total. The molecule has 0 unspecified atom stereocenters. The lowest BCUT2D eigenvalue weighted by Gasteiger charge is -2.31. The van der Waals surface area contributed by atoms with Gasteiger partial charge < -0.3 is 15.5 Å². The summed E-state index contributed by atoms with van der Waals surface area (Å²) >= 11 is 0. The molecule has 0 aliphatic carbocycles. The number of hydrogen-bond acceptors (Lipinski definition) is 6. The molecule has 0 bridgehead atoms. The number of carbonyl (C=O) groups is 1. The Hall–Kier alpha value is -3.26. The van der Waals surface area contributed by atoms with Crippen molar-refractivity contribution in [3.8, 4) is 0 Å². The van der Waals surface area contributed by atoms with Crippen LogP contribution in [-0.2, 0) is 18.4 Å². The van der Waals surface area contributed by atoms with Gasteiger partial charge in [0.05, 0.1) is 11.4 Å². The van der Waals surface area contributed by atoms with Crippen LogP contribution >= 0.6 is 0 Å². The lowest BCUT2D eigenvalue weighted by atomic mass is 9.98. The first-order valence-electron chi connectivity index (χ1n) is 9.86. The first kappa shape index (κ1) is 21.4. The number of aryl methyl sites for hydroxylation is 1. The van der Waals surface area contributed by atoms with Gasteiger partial charge in [-0.25, -0.2) is 4.68 Å². The van der Waals surface area contributed by atoms with Crippen molar-refractivity contribution in [1.29, 1.82) is 0 Å². The topological polar surface area (TPSA) is 92.2 Å². The predicted octanol–water partition coefficient (Wildman–Crippen LogP) is 2.07. The summed E-state index contributed by atoms with van der Waals surface area (Å²) in [6.45, 7) is 4.10. The van der Waals surface area contributed by atoms with Crippen molar-refractivity contribution in [1.82, 2.24) is 25.0 Å². The Bertz CT molecular complexity index is 1090. The van der Waals surface area contributed by atoms with Gasteiger partial charge in [0.1, 0.15) is 5.52 Å². The molecular weight excluding hydrogens is 380 g/mol. The molecule has 30 heavy (non-hydrogen) atoms. The van der Waals surface area contributed by atoms with Gasteiger partial charge in [-0.2, -0.15) is 5.10 Å². The zero-order valence-electron chi connectivity index (χ0n) is 18.0. The van der Waals surface area contributed by atoms with Gasteiger partial charge in [-0.05, 0) is 44.3 Å². The normalized spacial score (nSPS) is 13.3. The molecule has 8 heteroatoms. The summed E-state index contributed by atoms with van der Waals surface area (Å²) < 4.78 is 1.33. The molecule has 2 aromatic heterocycles. The number of nitrogens with zero attached hydrogens (tertiary/aromatic N) is 4. The Labute approximate surface area is 175 Å². The molecular formula is C22H28N6O2. The van der Waals surface area contributed by atoms with Crippen LogP contribution in [0.2, 0.25) is 0 Å². The highest BCUT2D eigenvalue weighted by atomic mass is 16.1. The van der Waals surface area contributed by atoms with E-state index in [-0.39, 0.29) is 23.6 Å². The molecule has 0 saturated carbocycles. The van der Waals surface area contributed by atoms with Crippen molar-refractivity contribution >= 4 is 22.6 Å². The molecule has 0 aliphatic heterocycles. The van der Waals surface area contributed by atoms with Crippen LogP contribution in [0.4, 0.5) is 5.82 Å². The molecule has 158 valence electrons. The number of benzene rings is 1. The fraction of sp³-hybridized carbons (Fsp3) is 0.364. The Balaban J connectivity index is 1.88. The highest BCUT2D eigenvalue weighted by Gasteiger charge is 2.23. The quantitative estimate of drug-likeness (QED) is 0.622. The second kappa shape index (κ2) is 9.04. The number of hydrogen-bond donors (Lipinski definition) is 2. The van der Waals surface area contributed by atoms with Gasteiger partial charge in [-0.3, -0.25) is 14.6 Å². The number of rotatable bonds is 7. The largest absolute Gasteiger partial charge is 0.362 e. The molecule has 3 aromatic rings. The Morgan fingerprint density at radius 1 is 1.20 bits per heavy atom. The van der Waals surface area contributed by atoms with Gasteiger partial charge in [0, 0.05) is 32.8 Å². The number of carbonyl (C=O) groups excluding carboxylic acids is 1. The van der Waals surface area contributed by atoms with Gasteiger partial charge in [-0.1, -0.05) is 24.3 Å². The number of likely N-dealkylation sites (N-methyl/N-ethyl adjacent to an activating group) is 1. The zero-order valence-corrected chi connectivity index (χ0v) is 18.0. The van der Waals surface area contributed by atoms with Gasteiger partial charge in [0.15, 0.2) is 5.82 Å². The summed E-state index contributed by atoms with van der Waals surface area (Å²) in [7, 11) is 5.69. The van der Waals surface area contributed by atoms with Gasteiger partial charge in [0.25, 0.3) is 5.56 Å². The third-order valence-electron chi connectivity index (χ3n) is 5.06. The molecule has 8 nitrogen and oxygen atoms in total. The first-order valence-corrected chi connectivity index (χ1v) is 9.86. The monoisotopic (exact) mass is 408 g/mol. The van der Waals surface area contributed by atoms with Gasteiger partial charge >= 0.3 is 0 Å². The molecule has 0 fully saturated rings. The van der Waals surface area contributed by atoms with E-state index in [4.69, 9.17) is 0 Å². The predicted molar refractivity (Wildman–Crippen MR) is 118 cm³/mol. The number of aromatic nitrogens is 3. The molecule has 0 spiro atoms. The molecule has 3 rings (SSSR count). The third-order valence-corrected chi connectivity index (χ3v) is 5.06. The summed E-state index contributed by atoms with van der Waals surface area (Å²) in [5.41, 5.74) is 2.57. The van der Waals surface area contributed by atoms with E-state index < -0.39 is 0 Å². The smallest absolute Gasteiger partial charge is 0.276 e. The standard InChI is InChI=1S/C22H28N6O2/c1-14(25-21-19-18(7-6-12-23-19)22(30)28(5)26-21)20(27(3)4)17-10-8-16(9-11-17)13-24-15(2)29/h6-12,14,20H,13H2,1-5H3,(H,24,29)(H,25,26)/t14-,20+/m0/s1. The highest BCUT2D eigenvalue weighted by Crippen LogP contribution is 2.26. The van der Waals surface area contributed by atoms with E-state index in [0.29, 0.717) is 23.3 Å². The van der Waals surface area contributed by atoms with Crippen molar-refractivity contribution < 1.29 is 4.79 Å². The molecule has 2 atom stereocenters. The second-order valence-electron chi connectivity index (χ2n) is 7.67. The van der Waals surface area contributed by atoms with Crippen LogP contribution in [0.25, 0.3) is 10.9 Å². The van der Waals surface area contributed by atoms with E-state index >= 15 is 0 Å². The number of pyridine rings is 1. The summed E-state index contributed by atoms with van der Waals surface area (Å²) in [6, 6.07) is 11.7. The summed E-state index contributed by atoms with van der Waals surface area (Å²) in [5, 5.41) is 11.2. The number of nitrogens with one attached hydrogen (secondary N) is 2. The van der Waals surface area contributed by atoms with Crippen LogP contribution in [0.5, 0.6) is 0 Å². The first-order chi connectivity index (χ1) is 14.3. The van der Waals surface area contributed by atoms with E-state index in [1.54, 1.807) is 25.4 Å². The van der Waals surface area contributed by atoms with Gasteiger partial charge in [-0.15, -0.1) is 0 Å². The fourth-order valence-corrected chi connectivity index (χ4v) is 3.67. The van der Waals surface area contributed by atoms with Crippen molar-refractivity contribution in [2.75, 3.05) is 19.4 Å². The molecule has 1 aromatic carbocycles. The van der Waals surface area contributed by atoms with Crippen LogP contribution in [0, 0.1) is 0 Å². The summed E-state index contributed by atoms with van der Waals surface area (Å²) in [5.74, 6) is 0.531. The maximum atomic E-state index is 12.4. The molecule has 1 amide bonds. The maximum absolute atomic E-state index is 12.4. The van der Waals surface area contributed by atoms with E-state index in [2.05, 4.69) is 44.7 Å². The van der Waals surface area contributed by atoms with Crippen molar-refractivity contribution in [3.05, 3.63) is 64.1 Å². The van der Waals surface area contributed by atoms with E-state index in [1.807, 2.05) is 26.2 Å². The second-order valence-corrected chi connectivity index (χ2v) is 7.67. The lowest BCUT2D eigenvalue weighted by Crippen LogP contribution is -2.35. The van der Waals surface area contributed by atoms with Crippen molar-refractivity contribution in [3.63, 3.8) is 0 Å². The van der Waals surface area contributed by atoms with Crippen molar-refractivity contribution in [2.45, 2.75) is 32.5 Å². The van der Waals surface area contributed by atoms with E-state index in [0.717, 1.165) is 11.1 Å². The van der Waals surface area contributed by atoms with Crippen LogP contribution in [0.3, 0.4) is 0 Å². The minimum Gasteiger partial charge on any atom is -0.362 e. The molecule has 0 aliphatic rings. The third kappa shape index (κ3) is 4.65. The molecule has 0 saturated heterocycles. The Kier molecular flexibility index (Phi) is 6.47. The van der Waals surface area contributed by atoms with Crippen LogP contribution < -0.4 is 16.2 Å². The SMILES string of the molecule is CC(=O)NCc1ccc([C@@H]([C@H](C)Nc2nn(C)c(=O)c3cccnc23)N(C)C)cc1. The van der Waals surface area contributed by atoms with Crippen molar-refractivity contribution in [2.24, 2.45) is 7.05 Å². The van der Waals surface area contributed by atoms with E-state index in [9.17, 15) is 9.59 Å². The Morgan fingerprint density at radius 3 is 2.53 bits per heavy atom. The van der Waals surface area contributed by atoms with E-state index in [1.165, 1.54) is 11.6 Å². The molecule has 2 heterocycles. The molecule has 0 radical (unpaired) electrons. The minimum absolute atomic E-state index is 0.0172. The summed E-state index contributed by atoms with van der Waals surface area (Å²) in [6.07, 6.45) is 1.66. The maximum Gasteiger partial charge on any atom is 0.276 e. The lowest BCUT2D eigenvalue weighted by molar-refractivity contribution is -0.119. The van der Waals surface area contributed by atoms with Crippen LogP contribution in [-0.4, -0.2) is 45.7 Å². The van der Waals surface area contributed by atoms with Crippen LogP contribution in [0.1, 0.15) is 31.0 Å². The fourth-order valence-electron chi connectivity index (χ4n) is 3.67.